The van der Waals surface area contributed by atoms with Crippen LogP contribution in [0.3, 0.4) is 0 Å². The fourth-order valence-corrected chi connectivity index (χ4v) is 7.83. The van der Waals surface area contributed by atoms with Gasteiger partial charge in [-0.2, -0.15) is 0 Å². The molecular formula is C39H33N3O4. The summed E-state index contributed by atoms with van der Waals surface area (Å²) in [5.41, 5.74) is 7.04. The molecule has 4 atom stereocenters. The van der Waals surface area contributed by atoms with Gasteiger partial charge in [-0.1, -0.05) is 97.1 Å². The number of nitrogens with one attached hydrogen (secondary N) is 2. The Hall–Kier alpha value is -5.56. The molecule has 0 saturated heterocycles. The van der Waals surface area contributed by atoms with Gasteiger partial charge in [0.15, 0.2) is 0 Å². The second-order valence-electron chi connectivity index (χ2n) is 12.1. The smallest absolute Gasteiger partial charge is 0.360 e. The highest BCUT2D eigenvalue weighted by molar-refractivity contribution is 5.93. The molecule has 2 N–H and O–H groups in total. The molecule has 0 amide bonds. The summed E-state index contributed by atoms with van der Waals surface area (Å²) in [6.07, 6.45) is 2.03. The van der Waals surface area contributed by atoms with Crippen LogP contribution in [0.15, 0.2) is 136 Å². The molecule has 7 heteroatoms. The van der Waals surface area contributed by atoms with Crippen molar-refractivity contribution in [1.29, 1.82) is 0 Å². The van der Waals surface area contributed by atoms with Gasteiger partial charge in [0.25, 0.3) is 0 Å². The van der Waals surface area contributed by atoms with Crippen LogP contribution >= 0.6 is 0 Å². The first-order valence-corrected chi connectivity index (χ1v) is 15.6. The number of carbonyl (C=O) groups is 1. The highest BCUT2D eigenvalue weighted by Gasteiger charge is 2.53. The molecule has 4 aromatic carbocycles. The van der Waals surface area contributed by atoms with Crippen LogP contribution in [-0.4, -0.2) is 23.0 Å². The number of anilines is 1. The van der Waals surface area contributed by atoms with Crippen molar-refractivity contribution in [2.45, 2.75) is 31.5 Å². The van der Waals surface area contributed by atoms with Crippen LogP contribution in [0, 0.1) is 5.92 Å². The Labute approximate surface area is 266 Å². The highest BCUT2D eigenvalue weighted by Crippen LogP contribution is 2.59. The van der Waals surface area contributed by atoms with E-state index in [1.165, 1.54) is 7.11 Å². The summed E-state index contributed by atoms with van der Waals surface area (Å²) in [5.74, 6) is -0.944. The molecule has 6 aromatic rings. The molecule has 46 heavy (non-hydrogen) atoms. The molecule has 228 valence electrons. The number of carbonyl (C=O) groups excluding carboxylic acids is 1. The van der Waals surface area contributed by atoms with Gasteiger partial charge >= 0.3 is 11.6 Å². The van der Waals surface area contributed by atoms with Crippen LogP contribution in [0.25, 0.3) is 21.9 Å². The van der Waals surface area contributed by atoms with Crippen LogP contribution in [-0.2, 0) is 16.1 Å². The number of aromatic nitrogens is 1. The third-order valence-corrected chi connectivity index (χ3v) is 9.77. The number of esters is 1. The number of hydrogen-bond donors (Lipinski definition) is 2. The first-order chi connectivity index (χ1) is 22.5. The lowest BCUT2D eigenvalue weighted by Crippen LogP contribution is -2.49. The summed E-state index contributed by atoms with van der Waals surface area (Å²) < 4.78 is 11.5. The Morgan fingerprint density at radius 3 is 2.30 bits per heavy atom. The van der Waals surface area contributed by atoms with Crippen molar-refractivity contribution in [3.63, 3.8) is 0 Å². The van der Waals surface area contributed by atoms with Gasteiger partial charge in [-0.15, -0.1) is 0 Å². The van der Waals surface area contributed by atoms with Gasteiger partial charge in [0.2, 0.25) is 0 Å². The molecule has 0 spiro atoms. The maximum atomic E-state index is 14.0. The number of para-hydroxylation sites is 2. The molecule has 0 aliphatic carbocycles. The summed E-state index contributed by atoms with van der Waals surface area (Å²) in [7, 11) is 1.45. The zero-order valence-corrected chi connectivity index (χ0v) is 25.6. The number of methoxy groups -OCH3 is 1. The molecule has 2 aliphatic heterocycles. The fraction of sp³-hybridized carbons (Fsp3) is 0.179. The average Bonchev–Trinajstić information content (AvgIpc) is 3.53. The van der Waals surface area contributed by atoms with Gasteiger partial charge in [0.05, 0.1) is 24.8 Å². The summed E-state index contributed by atoms with van der Waals surface area (Å²) >= 11 is 0. The first-order valence-electron chi connectivity index (χ1n) is 15.6. The molecule has 0 saturated carbocycles. The molecule has 0 fully saturated rings. The van der Waals surface area contributed by atoms with E-state index < -0.39 is 5.63 Å². The second-order valence-corrected chi connectivity index (χ2v) is 12.1. The van der Waals surface area contributed by atoms with E-state index in [-0.39, 0.29) is 29.9 Å². The third-order valence-electron chi connectivity index (χ3n) is 9.77. The normalized spacial score (nSPS) is 20.7. The minimum Gasteiger partial charge on any atom is -0.466 e. The van der Waals surface area contributed by atoms with Gasteiger partial charge < -0.3 is 24.4 Å². The molecule has 8 rings (SSSR count). The topological polar surface area (TPSA) is 87.6 Å². The highest BCUT2D eigenvalue weighted by atomic mass is 16.5. The molecule has 1 unspecified atom stereocenters. The van der Waals surface area contributed by atoms with Crippen LogP contribution in [0.5, 0.6) is 0 Å². The number of H-pyrrole nitrogens is 1. The van der Waals surface area contributed by atoms with Crippen molar-refractivity contribution >= 4 is 33.5 Å². The quantitative estimate of drug-likeness (QED) is 0.153. The first kappa shape index (κ1) is 28.0. The molecule has 0 radical (unpaired) electrons. The Kier molecular flexibility index (Phi) is 6.75. The van der Waals surface area contributed by atoms with Crippen LogP contribution in [0.1, 0.15) is 47.2 Å². The maximum absolute atomic E-state index is 14.0. The van der Waals surface area contributed by atoms with Crippen molar-refractivity contribution in [2.75, 3.05) is 12.4 Å². The van der Waals surface area contributed by atoms with E-state index in [0.29, 0.717) is 23.4 Å². The maximum Gasteiger partial charge on any atom is 0.360 e. The van der Waals surface area contributed by atoms with E-state index in [2.05, 4.69) is 51.6 Å². The number of nitrogens with zero attached hydrogens (tertiary/aromatic N) is 1. The zero-order valence-electron chi connectivity index (χ0n) is 25.6. The van der Waals surface area contributed by atoms with Crippen LogP contribution < -0.4 is 10.9 Å². The lowest BCUT2D eigenvalue weighted by Gasteiger charge is -2.53. The Balaban J connectivity index is 1.49. The summed E-state index contributed by atoms with van der Waals surface area (Å²) in [6.45, 7) is 2.54. The van der Waals surface area contributed by atoms with E-state index in [4.69, 9.17) is 9.15 Å². The Bertz CT molecular complexity index is 2180. The second kappa shape index (κ2) is 11.1. The Morgan fingerprint density at radius 2 is 1.54 bits per heavy atom. The third kappa shape index (κ3) is 4.34. The van der Waals surface area contributed by atoms with Crippen LogP contribution in [0.4, 0.5) is 5.69 Å². The van der Waals surface area contributed by atoms with E-state index in [1.54, 1.807) is 0 Å². The van der Waals surface area contributed by atoms with E-state index in [1.807, 2.05) is 85.9 Å². The van der Waals surface area contributed by atoms with Crippen molar-refractivity contribution in [2.24, 2.45) is 5.92 Å². The number of benzene rings is 4. The van der Waals surface area contributed by atoms with Crippen molar-refractivity contribution in [3.05, 3.63) is 159 Å². The number of allylic oxidation sites excluding steroid dienone is 1. The summed E-state index contributed by atoms with van der Waals surface area (Å²) in [6, 6.07) is 35.7. The van der Waals surface area contributed by atoms with Gasteiger partial charge in [0.1, 0.15) is 11.3 Å². The standard InChI is InChI=1S/C39H33N3O4/c1-23-31(38(43)45-2)32(25-15-7-4-8-16-25)34-35(28-21-40-29-19-11-9-17-26(28)29)41-36-33(27-18-10-12-20-30(27)46-39(36)44)37(34)42(23)22-24-13-5-3-6-14-24/h3-21,32,34-35,37,40-41H,22H2,1-2H3/t32?,34-,35-,37+/m0/s1. The van der Waals surface area contributed by atoms with Crippen LogP contribution in [0.2, 0.25) is 0 Å². The van der Waals surface area contributed by atoms with Crippen molar-refractivity contribution in [1.82, 2.24) is 9.88 Å². The predicted octanol–water partition coefficient (Wildman–Crippen LogP) is 7.85. The molecule has 4 heterocycles. The van der Waals surface area contributed by atoms with E-state index in [0.717, 1.165) is 44.2 Å². The SMILES string of the molecule is COC(=O)C1=C(C)N(Cc2ccccc2)[C@@H]2c3c(c(=O)oc4ccccc34)N[C@@H](c3c[nH]c4ccccc34)[C@@H]2C1c1ccccc1. The Morgan fingerprint density at radius 1 is 0.870 bits per heavy atom. The van der Waals surface area contributed by atoms with Gasteiger partial charge in [-0.25, -0.2) is 9.59 Å². The van der Waals surface area contributed by atoms with Gasteiger partial charge in [0, 0.05) is 52.1 Å². The lowest BCUT2D eigenvalue weighted by atomic mass is 9.64. The largest absolute Gasteiger partial charge is 0.466 e. The zero-order chi connectivity index (χ0) is 31.4. The minimum absolute atomic E-state index is 0.235. The number of ether oxygens (including phenoxy) is 1. The predicted molar refractivity (Wildman–Crippen MR) is 179 cm³/mol. The molecular weight excluding hydrogens is 574 g/mol. The van der Waals surface area contributed by atoms with Crippen molar-refractivity contribution < 1.29 is 13.9 Å². The summed E-state index contributed by atoms with van der Waals surface area (Å²) in [4.78, 5) is 33.6. The monoisotopic (exact) mass is 607 g/mol. The molecule has 2 aromatic heterocycles. The minimum atomic E-state index is -0.409. The van der Waals surface area contributed by atoms with Crippen molar-refractivity contribution in [3.8, 4) is 0 Å². The molecule has 7 nitrogen and oxygen atoms in total. The van der Waals surface area contributed by atoms with Gasteiger partial charge in [-0.05, 0) is 35.7 Å². The molecule has 2 aliphatic rings. The number of aromatic amines is 1. The number of rotatable bonds is 5. The average molecular weight is 608 g/mol. The molecule has 0 bridgehead atoms. The number of fused-ring (bicyclic) bond motifs is 6. The fourth-order valence-electron chi connectivity index (χ4n) is 7.83. The van der Waals surface area contributed by atoms with Gasteiger partial charge in [-0.3, -0.25) is 0 Å². The summed E-state index contributed by atoms with van der Waals surface area (Å²) in [5, 5.41) is 5.63. The van der Waals surface area contributed by atoms with E-state index >= 15 is 0 Å². The van der Waals surface area contributed by atoms with E-state index in [9.17, 15) is 9.59 Å². The number of hydrogen-bond acceptors (Lipinski definition) is 6. The lowest BCUT2D eigenvalue weighted by molar-refractivity contribution is -0.137.